The van der Waals surface area contributed by atoms with Crippen molar-refractivity contribution in [3.63, 3.8) is 0 Å². The first-order chi connectivity index (χ1) is 12.8. The van der Waals surface area contributed by atoms with E-state index in [-0.39, 0.29) is 5.75 Å². The van der Waals surface area contributed by atoms with Gasteiger partial charge in [0.2, 0.25) is 0 Å². The summed E-state index contributed by atoms with van der Waals surface area (Å²) in [5.41, 5.74) is 3.98. The third kappa shape index (κ3) is 2.74. The van der Waals surface area contributed by atoms with Gasteiger partial charge in [-0.15, -0.1) is 0 Å². The molecule has 132 valence electrons. The molecule has 2 saturated heterocycles. The smallest absolute Gasteiger partial charge is 0.125 e. The van der Waals surface area contributed by atoms with Crippen LogP contribution < -0.4 is 10.2 Å². The maximum Gasteiger partial charge on any atom is 0.125 e. The van der Waals surface area contributed by atoms with Crippen LogP contribution in [0.4, 0.5) is 5.69 Å². The molecule has 2 fully saturated rings. The number of nitrogens with zero attached hydrogens (tertiary/aromatic N) is 3. The van der Waals surface area contributed by atoms with Crippen LogP contribution in [0.25, 0.3) is 16.8 Å². The highest BCUT2D eigenvalue weighted by Gasteiger charge is 2.32. The van der Waals surface area contributed by atoms with Crippen LogP contribution in [-0.4, -0.2) is 40.6 Å². The van der Waals surface area contributed by atoms with Gasteiger partial charge in [-0.25, -0.2) is 4.68 Å². The average molecular weight is 346 g/mol. The Hall–Kier alpha value is -2.79. The molecule has 1 aromatic heterocycles. The monoisotopic (exact) mass is 346 g/mol. The molecule has 5 heteroatoms. The number of benzene rings is 2. The van der Waals surface area contributed by atoms with Gasteiger partial charge in [-0.05, 0) is 48.2 Å². The van der Waals surface area contributed by atoms with E-state index in [1.165, 1.54) is 12.1 Å². The second-order valence-electron chi connectivity index (χ2n) is 7.31. The van der Waals surface area contributed by atoms with Gasteiger partial charge in [-0.1, -0.05) is 12.1 Å². The van der Waals surface area contributed by atoms with Crippen molar-refractivity contribution in [3.8, 4) is 22.6 Å². The molecular weight excluding hydrogens is 324 g/mol. The van der Waals surface area contributed by atoms with Gasteiger partial charge in [0.05, 0.1) is 5.69 Å². The number of hydrogen-bond donors (Lipinski definition) is 2. The Morgan fingerprint density at radius 3 is 2.62 bits per heavy atom. The SMILES string of the molecule is Oc1cc(-n2cccn2)ccc1-c1ccc(N2CC3CNC(C3)C2)cc1. The molecule has 0 spiro atoms. The van der Waals surface area contributed by atoms with E-state index in [0.29, 0.717) is 6.04 Å². The summed E-state index contributed by atoms with van der Waals surface area (Å²) in [6, 6.07) is 16.7. The lowest BCUT2D eigenvalue weighted by Crippen LogP contribution is -2.41. The van der Waals surface area contributed by atoms with Crippen LogP contribution in [0.3, 0.4) is 0 Å². The summed E-state index contributed by atoms with van der Waals surface area (Å²) in [5.74, 6) is 1.04. The van der Waals surface area contributed by atoms with Crippen LogP contribution in [0.2, 0.25) is 0 Å². The lowest BCUT2D eigenvalue weighted by Gasteiger charge is -2.33. The molecule has 2 aliphatic heterocycles. The summed E-state index contributed by atoms with van der Waals surface area (Å²) in [5, 5.41) is 18.3. The van der Waals surface area contributed by atoms with Gasteiger partial charge in [0.1, 0.15) is 5.75 Å². The first kappa shape index (κ1) is 15.5. The Kier molecular flexibility index (Phi) is 3.68. The quantitative estimate of drug-likeness (QED) is 0.765. The Labute approximate surface area is 152 Å². The van der Waals surface area contributed by atoms with E-state index in [2.05, 4.69) is 39.6 Å². The van der Waals surface area contributed by atoms with Crippen LogP contribution in [0.1, 0.15) is 6.42 Å². The number of phenolic OH excluding ortho intramolecular Hbond substituents is 1. The first-order valence-electron chi connectivity index (χ1n) is 9.18. The molecule has 5 nitrogen and oxygen atoms in total. The van der Waals surface area contributed by atoms with Crippen molar-refractivity contribution in [2.45, 2.75) is 12.5 Å². The highest BCUT2D eigenvalue weighted by molar-refractivity contribution is 5.73. The van der Waals surface area contributed by atoms with E-state index in [1.54, 1.807) is 16.9 Å². The molecule has 3 aromatic rings. The number of aromatic hydroxyl groups is 1. The molecule has 2 aromatic carbocycles. The predicted octanol–water partition coefficient (Wildman–Crippen LogP) is 3.04. The summed E-state index contributed by atoms with van der Waals surface area (Å²) in [6.45, 7) is 3.36. The molecule has 2 atom stereocenters. The Morgan fingerprint density at radius 1 is 1.04 bits per heavy atom. The molecule has 0 saturated carbocycles. The van der Waals surface area contributed by atoms with E-state index < -0.39 is 0 Å². The van der Waals surface area contributed by atoms with Gasteiger partial charge >= 0.3 is 0 Å². The van der Waals surface area contributed by atoms with E-state index in [9.17, 15) is 5.11 Å². The van der Waals surface area contributed by atoms with Gasteiger partial charge in [0.25, 0.3) is 0 Å². The zero-order valence-electron chi connectivity index (χ0n) is 14.5. The fraction of sp³-hybridized carbons (Fsp3) is 0.286. The molecule has 0 aliphatic carbocycles. The number of rotatable bonds is 3. The topological polar surface area (TPSA) is 53.3 Å². The summed E-state index contributed by atoms with van der Waals surface area (Å²) in [6.07, 6.45) is 4.90. The number of hydrogen-bond acceptors (Lipinski definition) is 4. The van der Waals surface area contributed by atoms with Gasteiger partial charge in [0, 0.05) is 55.4 Å². The van der Waals surface area contributed by atoms with Crippen LogP contribution >= 0.6 is 0 Å². The Bertz CT molecular complexity index is 892. The molecule has 5 rings (SSSR count). The van der Waals surface area contributed by atoms with Crippen molar-refractivity contribution >= 4 is 5.69 Å². The minimum absolute atomic E-state index is 0.269. The van der Waals surface area contributed by atoms with Gasteiger partial charge < -0.3 is 15.3 Å². The lowest BCUT2D eigenvalue weighted by molar-refractivity contribution is 0.475. The zero-order valence-corrected chi connectivity index (χ0v) is 14.5. The molecule has 2 bridgehead atoms. The second kappa shape index (κ2) is 6.18. The number of anilines is 1. The molecule has 2 N–H and O–H groups in total. The van der Waals surface area contributed by atoms with Crippen LogP contribution in [0, 0.1) is 5.92 Å². The fourth-order valence-corrected chi connectivity index (χ4v) is 4.22. The van der Waals surface area contributed by atoms with E-state index >= 15 is 0 Å². The van der Waals surface area contributed by atoms with Crippen LogP contribution in [-0.2, 0) is 0 Å². The summed E-state index contributed by atoms with van der Waals surface area (Å²) < 4.78 is 1.74. The number of nitrogens with one attached hydrogen (secondary N) is 1. The minimum atomic E-state index is 0.269. The maximum atomic E-state index is 10.5. The van der Waals surface area contributed by atoms with E-state index in [1.807, 2.05) is 24.4 Å². The third-order valence-corrected chi connectivity index (χ3v) is 5.53. The maximum absolute atomic E-state index is 10.5. The van der Waals surface area contributed by atoms with Crippen molar-refractivity contribution < 1.29 is 5.11 Å². The van der Waals surface area contributed by atoms with Crippen molar-refractivity contribution in [3.05, 3.63) is 60.9 Å². The fourth-order valence-electron chi connectivity index (χ4n) is 4.22. The van der Waals surface area contributed by atoms with Crippen molar-refractivity contribution in [2.24, 2.45) is 5.92 Å². The minimum Gasteiger partial charge on any atom is -0.507 e. The van der Waals surface area contributed by atoms with Gasteiger partial charge in [-0.2, -0.15) is 5.10 Å². The normalized spacial score (nSPS) is 21.9. The van der Waals surface area contributed by atoms with Crippen LogP contribution in [0.15, 0.2) is 60.9 Å². The van der Waals surface area contributed by atoms with Gasteiger partial charge in [-0.3, -0.25) is 0 Å². The number of phenols is 1. The summed E-state index contributed by atoms with van der Waals surface area (Å²) in [7, 11) is 0. The molecule has 2 unspecified atom stereocenters. The Balaban J connectivity index is 1.39. The van der Waals surface area contributed by atoms with E-state index in [0.717, 1.165) is 42.4 Å². The zero-order chi connectivity index (χ0) is 17.5. The summed E-state index contributed by atoms with van der Waals surface area (Å²) in [4.78, 5) is 2.48. The van der Waals surface area contributed by atoms with Crippen molar-refractivity contribution in [1.29, 1.82) is 0 Å². The second-order valence-corrected chi connectivity index (χ2v) is 7.31. The predicted molar refractivity (Wildman–Crippen MR) is 103 cm³/mol. The summed E-state index contributed by atoms with van der Waals surface area (Å²) >= 11 is 0. The van der Waals surface area contributed by atoms with Crippen molar-refractivity contribution in [1.82, 2.24) is 15.1 Å². The molecule has 3 heterocycles. The molecule has 0 amide bonds. The van der Waals surface area contributed by atoms with Gasteiger partial charge in [0.15, 0.2) is 0 Å². The van der Waals surface area contributed by atoms with Crippen molar-refractivity contribution in [2.75, 3.05) is 24.5 Å². The Morgan fingerprint density at radius 2 is 1.88 bits per heavy atom. The molecular formula is C21H22N4O. The van der Waals surface area contributed by atoms with E-state index in [4.69, 9.17) is 0 Å². The first-order valence-corrected chi connectivity index (χ1v) is 9.18. The lowest BCUT2D eigenvalue weighted by atomic mass is 9.98. The highest BCUT2D eigenvalue weighted by atomic mass is 16.3. The average Bonchev–Trinajstić information content (AvgIpc) is 3.32. The standard InChI is InChI=1S/C21H22N4O/c26-21-11-19(25-9-1-8-23-25)6-7-20(21)16-2-4-18(5-3-16)24-13-15-10-17(14-24)22-12-15/h1-9,11,15,17,22,26H,10,12-14H2. The molecule has 26 heavy (non-hydrogen) atoms. The third-order valence-electron chi connectivity index (χ3n) is 5.53. The highest BCUT2D eigenvalue weighted by Crippen LogP contribution is 2.33. The molecule has 2 aliphatic rings. The number of piperidine rings is 1. The molecule has 0 radical (unpaired) electrons. The number of aromatic nitrogens is 2. The number of fused-ring (bicyclic) bond motifs is 2. The van der Waals surface area contributed by atoms with Crippen LogP contribution in [0.5, 0.6) is 5.75 Å². The largest absolute Gasteiger partial charge is 0.507 e.